The quantitative estimate of drug-likeness (QED) is 0.0809. The lowest BCUT2D eigenvalue weighted by molar-refractivity contribution is -0.145. The van der Waals surface area contributed by atoms with Crippen molar-refractivity contribution >= 4 is 23.5 Å². The second-order valence-electron chi connectivity index (χ2n) is 9.90. The number of benzene rings is 3. The summed E-state index contributed by atoms with van der Waals surface area (Å²) >= 11 is 0. The van der Waals surface area contributed by atoms with E-state index in [0.717, 1.165) is 30.7 Å². The van der Waals surface area contributed by atoms with E-state index in [0.29, 0.717) is 36.7 Å². The molecule has 9 nitrogen and oxygen atoms in total. The highest BCUT2D eigenvalue weighted by molar-refractivity contribution is 6.08. The van der Waals surface area contributed by atoms with Crippen LogP contribution >= 0.6 is 0 Å². The minimum atomic E-state index is -0.515. The third-order valence-corrected chi connectivity index (χ3v) is 6.34. The Kier molecular flexibility index (Phi) is 13.4. The topological polar surface area (TPSA) is 107 Å². The van der Waals surface area contributed by atoms with Gasteiger partial charge < -0.3 is 28.6 Å². The number of carbonyl (C=O) groups excluding carboxylic acids is 2. The minimum Gasteiger partial charge on any atom is -0.494 e. The Bertz CT molecular complexity index is 1310. The van der Waals surface area contributed by atoms with E-state index in [2.05, 4.69) is 0 Å². The van der Waals surface area contributed by atoms with Gasteiger partial charge in [0.15, 0.2) is 6.61 Å². The molecular weight excluding hydrogens is 548 g/mol. The van der Waals surface area contributed by atoms with Crippen molar-refractivity contribution in [3.05, 3.63) is 83.9 Å². The predicted molar refractivity (Wildman–Crippen MR) is 167 cm³/mol. The van der Waals surface area contributed by atoms with Crippen molar-refractivity contribution in [1.29, 1.82) is 5.41 Å². The first-order chi connectivity index (χ1) is 20.8. The molecular formula is C34H42N2O7. The first kappa shape index (κ1) is 33.0. The number of esters is 1. The van der Waals surface area contributed by atoms with E-state index in [9.17, 15) is 9.59 Å². The summed E-state index contributed by atoms with van der Waals surface area (Å²) < 4.78 is 27.7. The number of carbonyl (C=O) groups is 2. The van der Waals surface area contributed by atoms with Gasteiger partial charge in [-0.1, -0.05) is 18.2 Å². The van der Waals surface area contributed by atoms with Crippen molar-refractivity contribution in [2.75, 3.05) is 37.9 Å². The van der Waals surface area contributed by atoms with Gasteiger partial charge in [-0.25, -0.2) is 4.79 Å². The fourth-order valence-corrected chi connectivity index (χ4v) is 4.29. The molecule has 0 atom stereocenters. The number of ether oxygens (including phenoxy) is 5. The van der Waals surface area contributed by atoms with Gasteiger partial charge in [-0.15, -0.1) is 0 Å². The molecule has 1 N–H and O–H groups in total. The zero-order valence-corrected chi connectivity index (χ0v) is 25.5. The van der Waals surface area contributed by atoms with Gasteiger partial charge in [0, 0.05) is 23.4 Å². The third-order valence-electron chi connectivity index (χ3n) is 6.34. The number of nitrogens with zero attached hydrogens (tertiary/aromatic N) is 1. The number of unbranched alkanes of at least 4 members (excludes halogenated alkanes) is 2. The van der Waals surface area contributed by atoms with Crippen molar-refractivity contribution in [3.8, 4) is 17.2 Å². The lowest BCUT2D eigenvalue weighted by Crippen LogP contribution is -2.37. The second-order valence-corrected chi connectivity index (χ2v) is 9.90. The number of amides is 1. The van der Waals surface area contributed by atoms with Gasteiger partial charge >= 0.3 is 5.97 Å². The molecule has 0 fully saturated rings. The molecule has 0 aliphatic heterocycles. The molecule has 9 heteroatoms. The number of anilines is 1. The monoisotopic (exact) mass is 590 g/mol. The van der Waals surface area contributed by atoms with Gasteiger partial charge in [0.25, 0.3) is 5.91 Å². The molecule has 43 heavy (non-hydrogen) atoms. The largest absolute Gasteiger partial charge is 0.494 e. The van der Waals surface area contributed by atoms with Crippen molar-refractivity contribution < 1.29 is 33.3 Å². The van der Waals surface area contributed by atoms with Crippen LogP contribution in [0, 0.1) is 5.41 Å². The molecule has 3 rings (SSSR count). The Hall–Kier alpha value is -4.53. The van der Waals surface area contributed by atoms with Crippen LogP contribution in [-0.2, 0) is 14.3 Å². The number of rotatable bonds is 17. The number of hydrogen-bond acceptors (Lipinski definition) is 8. The van der Waals surface area contributed by atoms with E-state index in [1.165, 1.54) is 0 Å². The fourth-order valence-electron chi connectivity index (χ4n) is 4.29. The van der Waals surface area contributed by atoms with Crippen LogP contribution in [0.15, 0.2) is 72.8 Å². The summed E-state index contributed by atoms with van der Waals surface area (Å²) in [4.78, 5) is 27.4. The number of para-hydroxylation sites is 1. The van der Waals surface area contributed by atoms with Crippen LogP contribution < -0.4 is 19.1 Å². The molecule has 0 radical (unpaired) electrons. The Morgan fingerprint density at radius 1 is 0.767 bits per heavy atom. The summed E-state index contributed by atoms with van der Waals surface area (Å²) in [6.45, 7) is 8.89. The van der Waals surface area contributed by atoms with E-state index in [-0.39, 0.29) is 36.8 Å². The summed E-state index contributed by atoms with van der Waals surface area (Å²) in [5.41, 5.74) is 1.81. The van der Waals surface area contributed by atoms with Gasteiger partial charge in [0.1, 0.15) is 17.2 Å². The zero-order valence-electron chi connectivity index (χ0n) is 25.5. The molecule has 0 spiro atoms. The highest BCUT2D eigenvalue weighted by Crippen LogP contribution is 2.29. The number of hydrogen-bond donors (Lipinski definition) is 1. The molecule has 1 amide bonds. The average Bonchev–Trinajstić information content (AvgIpc) is 3.00. The van der Waals surface area contributed by atoms with Gasteiger partial charge in [-0.2, -0.15) is 0 Å². The highest BCUT2D eigenvalue weighted by atomic mass is 16.6. The molecule has 0 saturated carbocycles. The highest BCUT2D eigenvalue weighted by Gasteiger charge is 2.24. The second kappa shape index (κ2) is 17.4. The first-order valence-corrected chi connectivity index (χ1v) is 14.7. The smallest absolute Gasteiger partial charge is 0.344 e. The van der Waals surface area contributed by atoms with E-state index in [1.54, 1.807) is 30.0 Å². The van der Waals surface area contributed by atoms with Crippen LogP contribution in [-0.4, -0.2) is 56.9 Å². The van der Waals surface area contributed by atoms with Gasteiger partial charge in [-0.3, -0.25) is 10.2 Å². The van der Waals surface area contributed by atoms with Gasteiger partial charge in [0.05, 0.1) is 32.0 Å². The Morgan fingerprint density at radius 3 is 2.02 bits per heavy atom. The normalized spacial score (nSPS) is 10.6. The van der Waals surface area contributed by atoms with Crippen LogP contribution in [0.1, 0.15) is 62.9 Å². The standard InChI is InChI=1S/C34H42N2O7/c1-5-39-32(37)24-43-31-23-29(19-20-30(31)34(38)36(25(3)4)27-13-9-7-10-14-27)42-22-12-8-11-21-41-28-17-15-26(16-18-28)33(35)40-6-2/h7,9-10,13-20,23,25,35H,5-6,8,11-12,21-22,24H2,1-4H3. The van der Waals surface area contributed by atoms with Crippen molar-refractivity contribution in [2.24, 2.45) is 0 Å². The molecule has 0 aliphatic carbocycles. The summed E-state index contributed by atoms with van der Waals surface area (Å²) in [6, 6.07) is 21.7. The molecule has 0 saturated heterocycles. The fraction of sp³-hybridized carbons (Fsp3) is 0.382. The summed E-state index contributed by atoms with van der Waals surface area (Å²) in [6.07, 6.45) is 2.56. The molecule has 0 aromatic heterocycles. The lowest BCUT2D eigenvalue weighted by Gasteiger charge is -2.28. The lowest BCUT2D eigenvalue weighted by atomic mass is 10.1. The molecule has 0 unspecified atom stereocenters. The number of nitrogens with one attached hydrogen (secondary N) is 1. The minimum absolute atomic E-state index is 0.109. The van der Waals surface area contributed by atoms with Gasteiger partial charge in [0.2, 0.25) is 5.90 Å². The molecule has 0 bridgehead atoms. The Labute approximate surface area is 254 Å². The van der Waals surface area contributed by atoms with E-state index >= 15 is 0 Å². The van der Waals surface area contributed by atoms with E-state index in [4.69, 9.17) is 29.1 Å². The van der Waals surface area contributed by atoms with Crippen LogP contribution in [0.25, 0.3) is 0 Å². The molecule has 3 aromatic carbocycles. The predicted octanol–water partition coefficient (Wildman–Crippen LogP) is 6.67. The summed E-state index contributed by atoms with van der Waals surface area (Å²) in [5.74, 6) is 0.941. The van der Waals surface area contributed by atoms with Gasteiger partial charge in [-0.05, 0) is 95.5 Å². The van der Waals surface area contributed by atoms with E-state index < -0.39 is 5.97 Å². The first-order valence-electron chi connectivity index (χ1n) is 14.7. The molecule has 0 aliphatic rings. The maximum Gasteiger partial charge on any atom is 0.344 e. The SMILES string of the molecule is CCOC(=N)c1ccc(OCCCCCOc2ccc(C(=O)N(c3ccccc3)C(C)C)c(OCC(=O)OCC)c2)cc1. The maximum absolute atomic E-state index is 13.7. The van der Waals surface area contributed by atoms with Crippen LogP contribution in [0.2, 0.25) is 0 Å². The van der Waals surface area contributed by atoms with Crippen LogP contribution in [0.3, 0.4) is 0 Å². The summed E-state index contributed by atoms with van der Waals surface area (Å²) in [7, 11) is 0. The van der Waals surface area contributed by atoms with Crippen molar-refractivity contribution in [1.82, 2.24) is 0 Å². The summed E-state index contributed by atoms with van der Waals surface area (Å²) in [5, 5.41) is 7.84. The van der Waals surface area contributed by atoms with Crippen molar-refractivity contribution in [3.63, 3.8) is 0 Å². The zero-order chi connectivity index (χ0) is 31.0. The average molecular weight is 591 g/mol. The van der Waals surface area contributed by atoms with E-state index in [1.807, 2.05) is 75.4 Å². The Balaban J connectivity index is 1.55. The van der Waals surface area contributed by atoms with Crippen LogP contribution in [0.4, 0.5) is 5.69 Å². The molecule has 3 aromatic rings. The molecule has 0 heterocycles. The third kappa shape index (κ3) is 10.4. The van der Waals surface area contributed by atoms with Crippen molar-refractivity contribution in [2.45, 2.75) is 53.0 Å². The Morgan fingerprint density at radius 2 is 1.40 bits per heavy atom. The van der Waals surface area contributed by atoms with Crippen LogP contribution in [0.5, 0.6) is 17.2 Å². The molecule has 230 valence electrons. The maximum atomic E-state index is 13.7.